The zero-order valence-electron chi connectivity index (χ0n) is 13.0. The lowest BCUT2D eigenvalue weighted by atomic mass is 9.82. The van der Waals surface area contributed by atoms with Crippen LogP contribution in [0.1, 0.15) is 18.5 Å². The lowest BCUT2D eigenvalue weighted by molar-refractivity contribution is 0.0500. The quantitative estimate of drug-likeness (QED) is 0.711. The Balaban J connectivity index is 1.44. The lowest BCUT2D eigenvalue weighted by Crippen LogP contribution is -2.57. The van der Waals surface area contributed by atoms with E-state index >= 15 is 0 Å². The molecule has 4 rings (SSSR count). The molecular weight excluding hydrogens is 294 g/mol. The number of pyridine rings is 1. The van der Waals surface area contributed by atoms with Crippen LogP contribution in [0.25, 0.3) is 11.6 Å². The number of aromatic nitrogens is 6. The summed E-state index contributed by atoms with van der Waals surface area (Å²) in [5.74, 6) is 1.13. The van der Waals surface area contributed by atoms with Crippen molar-refractivity contribution in [2.75, 3.05) is 13.1 Å². The van der Waals surface area contributed by atoms with Gasteiger partial charge in [0.1, 0.15) is 5.69 Å². The van der Waals surface area contributed by atoms with Crippen molar-refractivity contribution in [3.63, 3.8) is 0 Å². The molecule has 1 fully saturated rings. The van der Waals surface area contributed by atoms with Crippen LogP contribution in [0.5, 0.6) is 0 Å². The van der Waals surface area contributed by atoms with Gasteiger partial charge in [-0.1, -0.05) is 6.07 Å². The van der Waals surface area contributed by atoms with Gasteiger partial charge >= 0.3 is 0 Å². The molecular formula is C15H17N7O. The van der Waals surface area contributed by atoms with Crippen molar-refractivity contribution in [3.8, 4) is 11.6 Å². The molecule has 1 aliphatic heterocycles. The van der Waals surface area contributed by atoms with E-state index in [4.69, 9.17) is 4.42 Å². The van der Waals surface area contributed by atoms with Crippen molar-refractivity contribution >= 4 is 0 Å². The summed E-state index contributed by atoms with van der Waals surface area (Å²) in [5.41, 5.74) is 1.54. The fraction of sp³-hybridized carbons (Fsp3) is 0.400. The number of aryl methyl sites for hydroxylation is 1. The summed E-state index contributed by atoms with van der Waals surface area (Å²) in [6.45, 7) is 4.63. The van der Waals surface area contributed by atoms with Crippen LogP contribution in [0, 0.1) is 0 Å². The molecule has 0 spiro atoms. The fourth-order valence-corrected chi connectivity index (χ4v) is 2.94. The second-order valence-corrected chi connectivity index (χ2v) is 6.16. The first-order chi connectivity index (χ1) is 11.1. The Morgan fingerprint density at radius 2 is 2.13 bits per heavy atom. The van der Waals surface area contributed by atoms with Crippen molar-refractivity contribution in [1.82, 2.24) is 35.1 Å². The number of hydrogen-bond acceptors (Lipinski definition) is 7. The molecule has 0 atom stereocenters. The van der Waals surface area contributed by atoms with E-state index in [2.05, 4.69) is 37.2 Å². The molecule has 118 valence electrons. The van der Waals surface area contributed by atoms with Crippen LogP contribution in [-0.4, -0.2) is 48.2 Å². The maximum Gasteiger partial charge on any atom is 0.266 e. The van der Waals surface area contributed by atoms with Crippen LogP contribution < -0.4 is 0 Å². The van der Waals surface area contributed by atoms with Gasteiger partial charge < -0.3 is 4.42 Å². The lowest BCUT2D eigenvalue weighted by Gasteiger charge is -2.45. The van der Waals surface area contributed by atoms with Gasteiger partial charge in [0.2, 0.25) is 5.89 Å². The molecule has 8 nitrogen and oxygen atoms in total. The van der Waals surface area contributed by atoms with Crippen LogP contribution in [-0.2, 0) is 19.0 Å². The average Bonchev–Trinajstić information content (AvgIpc) is 3.16. The van der Waals surface area contributed by atoms with Gasteiger partial charge in [-0.25, -0.2) is 0 Å². The Bertz CT molecular complexity index is 804. The molecule has 0 unspecified atom stereocenters. The SMILES string of the molecule is Cn1ncc(CN2CC(C)(c3nnc(-c4ccccn4)o3)C2)n1. The van der Waals surface area contributed by atoms with E-state index in [0.29, 0.717) is 17.5 Å². The Hall–Kier alpha value is -2.61. The maximum absolute atomic E-state index is 5.84. The number of rotatable bonds is 4. The van der Waals surface area contributed by atoms with Crippen LogP contribution in [0.3, 0.4) is 0 Å². The highest BCUT2D eigenvalue weighted by atomic mass is 16.4. The van der Waals surface area contributed by atoms with E-state index in [-0.39, 0.29) is 5.41 Å². The smallest absolute Gasteiger partial charge is 0.266 e. The second kappa shape index (κ2) is 5.24. The Morgan fingerprint density at radius 1 is 1.26 bits per heavy atom. The van der Waals surface area contributed by atoms with Crippen molar-refractivity contribution in [2.45, 2.75) is 18.9 Å². The highest BCUT2D eigenvalue weighted by molar-refractivity contribution is 5.45. The molecule has 0 amide bonds. The van der Waals surface area contributed by atoms with E-state index in [0.717, 1.165) is 25.3 Å². The number of hydrogen-bond donors (Lipinski definition) is 0. The Morgan fingerprint density at radius 3 is 2.83 bits per heavy atom. The molecule has 8 heteroatoms. The molecule has 1 aliphatic rings. The van der Waals surface area contributed by atoms with Gasteiger partial charge in [0.25, 0.3) is 5.89 Å². The van der Waals surface area contributed by atoms with Gasteiger partial charge in [-0.3, -0.25) is 9.88 Å². The third-order valence-electron chi connectivity index (χ3n) is 4.00. The summed E-state index contributed by atoms with van der Waals surface area (Å²) < 4.78 is 5.84. The first-order valence-electron chi connectivity index (χ1n) is 7.45. The highest BCUT2D eigenvalue weighted by Gasteiger charge is 2.44. The first-order valence-corrected chi connectivity index (χ1v) is 7.45. The predicted octanol–water partition coefficient (Wildman–Crippen LogP) is 1.03. The molecule has 23 heavy (non-hydrogen) atoms. The maximum atomic E-state index is 5.84. The van der Waals surface area contributed by atoms with E-state index in [1.54, 1.807) is 17.2 Å². The van der Waals surface area contributed by atoms with Crippen molar-refractivity contribution in [3.05, 3.63) is 42.2 Å². The summed E-state index contributed by atoms with van der Waals surface area (Å²) in [7, 11) is 1.82. The molecule has 0 aliphatic carbocycles. The summed E-state index contributed by atoms with van der Waals surface area (Å²) in [6, 6.07) is 5.62. The van der Waals surface area contributed by atoms with E-state index in [1.165, 1.54) is 0 Å². The number of likely N-dealkylation sites (tertiary alicyclic amines) is 1. The molecule has 0 aromatic carbocycles. The molecule has 0 bridgehead atoms. The summed E-state index contributed by atoms with van der Waals surface area (Å²) in [5, 5.41) is 16.7. The minimum atomic E-state index is -0.123. The van der Waals surface area contributed by atoms with Crippen molar-refractivity contribution in [2.24, 2.45) is 7.05 Å². The predicted molar refractivity (Wildman–Crippen MR) is 81.2 cm³/mol. The normalized spacial score (nSPS) is 17.1. The molecule has 0 N–H and O–H groups in total. The zero-order chi connectivity index (χ0) is 15.9. The molecule has 1 saturated heterocycles. The summed E-state index contributed by atoms with van der Waals surface area (Å²) >= 11 is 0. The van der Waals surface area contributed by atoms with E-state index < -0.39 is 0 Å². The van der Waals surface area contributed by atoms with Gasteiger partial charge in [-0.05, 0) is 19.1 Å². The van der Waals surface area contributed by atoms with Crippen LogP contribution in [0.2, 0.25) is 0 Å². The standard InChI is InChI=1S/C15H17N7O/c1-15(9-22(10-15)8-11-7-17-21(2)20-11)14-19-18-13(23-14)12-5-3-4-6-16-12/h3-7H,8-10H2,1-2H3. The second-order valence-electron chi connectivity index (χ2n) is 6.16. The summed E-state index contributed by atoms with van der Waals surface area (Å²) in [4.78, 5) is 8.10. The van der Waals surface area contributed by atoms with Crippen molar-refractivity contribution in [1.29, 1.82) is 0 Å². The fourth-order valence-electron chi connectivity index (χ4n) is 2.94. The average molecular weight is 311 g/mol. The molecule has 4 heterocycles. The molecule has 0 radical (unpaired) electrons. The van der Waals surface area contributed by atoms with Gasteiger partial charge in [0.15, 0.2) is 0 Å². The molecule has 3 aromatic rings. The molecule has 3 aromatic heterocycles. The monoisotopic (exact) mass is 311 g/mol. The van der Waals surface area contributed by atoms with Crippen LogP contribution in [0.4, 0.5) is 0 Å². The van der Waals surface area contributed by atoms with Gasteiger partial charge in [0, 0.05) is 32.9 Å². The largest absolute Gasteiger partial charge is 0.419 e. The van der Waals surface area contributed by atoms with Crippen LogP contribution in [0.15, 0.2) is 35.0 Å². The van der Waals surface area contributed by atoms with Crippen molar-refractivity contribution < 1.29 is 4.42 Å². The molecule has 0 saturated carbocycles. The number of nitrogens with zero attached hydrogens (tertiary/aromatic N) is 7. The van der Waals surface area contributed by atoms with Crippen LogP contribution >= 0.6 is 0 Å². The highest BCUT2D eigenvalue weighted by Crippen LogP contribution is 2.34. The first kappa shape index (κ1) is 14.0. The summed E-state index contributed by atoms with van der Waals surface area (Å²) in [6.07, 6.45) is 3.51. The van der Waals surface area contributed by atoms with Gasteiger partial charge in [-0.15, -0.1) is 10.2 Å². The topological polar surface area (TPSA) is 85.8 Å². The Kier molecular flexibility index (Phi) is 3.19. The third kappa shape index (κ3) is 2.61. The minimum absolute atomic E-state index is 0.123. The van der Waals surface area contributed by atoms with E-state index in [1.807, 2.05) is 25.2 Å². The van der Waals surface area contributed by atoms with Gasteiger partial charge in [-0.2, -0.15) is 15.0 Å². The Labute approximate surface area is 133 Å². The van der Waals surface area contributed by atoms with Gasteiger partial charge in [0.05, 0.1) is 17.3 Å². The third-order valence-corrected chi connectivity index (χ3v) is 4.00. The minimum Gasteiger partial charge on any atom is -0.419 e. The zero-order valence-corrected chi connectivity index (χ0v) is 13.0. The van der Waals surface area contributed by atoms with E-state index in [9.17, 15) is 0 Å².